The van der Waals surface area contributed by atoms with Crippen LogP contribution in [-0.2, 0) is 10.2 Å². The summed E-state index contributed by atoms with van der Waals surface area (Å²) >= 11 is 0. The minimum Gasteiger partial charge on any atom is -0.359 e. The van der Waals surface area contributed by atoms with Crippen molar-refractivity contribution in [2.45, 2.75) is 44.4 Å². The van der Waals surface area contributed by atoms with Gasteiger partial charge >= 0.3 is 0 Å². The minimum atomic E-state index is 0. The molecule has 1 saturated carbocycles. The summed E-state index contributed by atoms with van der Waals surface area (Å²) in [6.07, 6.45) is 5.22. The molecule has 1 amide bonds. The van der Waals surface area contributed by atoms with E-state index in [9.17, 15) is 4.79 Å². The quantitative estimate of drug-likeness (QED) is 0.371. The van der Waals surface area contributed by atoms with E-state index in [4.69, 9.17) is 4.99 Å². The first-order valence-electron chi connectivity index (χ1n) is 9.96. The lowest BCUT2D eigenvalue weighted by Gasteiger charge is -2.34. The number of likely N-dealkylation sites (tertiary alicyclic amines) is 1. The molecular weight excluding hydrogens is 451 g/mol. The average Bonchev–Trinajstić information content (AvgIpc) is 3.48. The first-order valence-corrected chi connectivity index (χ1v) is 9.96. The van der Waals surface area contributed by atoms with Gasteiger partial charge in [0, 0.05) is 38.5 Å². The molecule has 27 heavy (non-hydrogen) atoms. The van der Waals surface area contributed by atoms with Crippen LogP contribution in [0.5, 0.6) is 0 Å². The standard InChI is InChI=1S/C21H32N4O.HI/c1-3-23-20(25-13-9-17(10-14-25)15-19(26)22-2)24-16-21(11-12-21)18-7-5-4-6-8-18;/h4-8,17H,3,9-16H2,1-2H3,(H,22,26)(H,23,24);1H. The van der Waals surface area contributed by atoms with Gasteiger partial charge in [-0.25, -0.2) is 0 Å². The molecule has 1 aliphatic carbocycles. The van der Waals surface area contributed by atoms with Crippen LogP contribution < -0.4 is 10.6 Å². The molecular formula is C21H33IN4O. The van der Waals surface area contributed by atoms with E-state index in [2.05, 4.69) is 52.8 Å². The molecule has 1 saturated heterocycles. The lowest BCUT2D eigenvalue weighted by molar-refractivity contribution is -0.121. The van der Waals surface area contributed by atoms with Crippen molar-refractivity contribution in [3.8, 4) is 0 Å². The number of hydrogen-bond donors (Lipinski definition) is 2. The number of nitrogens with zero attached hydrogens (tertiary/aromatic N) is 2. The molecule has 0 aromatic heterocycles. The van der Waals surface area contributed by atoms with Gasteiger partial charge in [0.15, 0.2) is 5.96 Å². The van der Waals surface area contributed by atoms with E-state index in [1.54, 1.807) is 7.05 Å². The zero-order valence-electron chi connectivity index (χ0n) is 16.5. The molecule has 1 aliphatic heterocycles. The molecule has 0 atom stereocenters. The highest BCUT2D eigenvalue weighted by atomic mass is 127. The van der Waals surface area contributed by atoms with Gasteiger partial charge in [0.05, 0.1) is 6.54 Å². The molecule has 0 radical (unpaired) electrons. The maximum absolute atomic E-state index is 11.6. The van der Waals surface area contributed by atoms with E-state index in [1.165, 1.54) is 18.4 Å². The Bertz CT molecular complexity index is 622. The van der Waals surface area contributed by atoms with Crippen molar-refractivity contribution in [1.82, 2.24) is 15.5 Å². The van der Waals surface area contributed by atoms with Gasteiger partial charge in [-0.3, -0.25) is 9.79 Å². The summed E-state index contributed by atoms with van der Waals surface area (Å²) in [5, 5.41) is 6.20. The van der Waals surface area contributed by atoms with Gasteiger partial charge in [-0.15, -0.1) is 24.0 Å². The summed E-state index contributed by atoms with van der Waals surface area (Å²) in [5.41, 5.74) is 1.67. The third-order valence-electron chi connectivity index (χ3n) is 5.77. The smallest absolute Gasteiger partial charge is 0.220 e. The number of carbonyl (C=O) groups excluding carboxylic acids is 1. The summed E-state index contributed by atoms with van der Waals surface area (Å²) < 4.78 is 0. The molecule has 0 unspecified atom stereocenters. The number of amides is 1. The molecule has 2 fully saturated rings. The zero-order chi connectivity index (χ0) is 18.4. The van der Waals surface area contributed by atoms with Crippen LogP contribution in [0.1, 0.15) is 44.6 Å². The maximum Gasteiger partial charge on any atom is 0.220 e. The Labute approximate surface area is 180 Å². The van der Waals surface area contributed by atoms with Gasteiger partial charge in [0.1, 0.15) is 0 Å². The van der Waals surface area contributed by atoms with E-state index >= 15 is 0 Å². The van der Waals surface area contributed by atoms with Crippen molar-refractivity contribution in [2.75, 3.05) is 33.2 Å². The van der Waals surface area contributed by atoms with Gasteiger partial charge in [-0.1, -0.05) is 30.3 Å². The number of nitrogens with one attached hydrogen (secondary N) is 2. The normalized spacial score (nSPS) is 19.2. The fourth-order valence-electron chi connectivity index (χ4n) is 3.85. The number of carbonyl (C=O) groups is 1. The topological polar surface area (TPSA) is 56.7 Å². The Hall–Kier alpha value is -1.31. The van der Waals surface area contributed by atoms with Crippen molar-refractivity contribution in [2.24, 2.45) is 10.9 Å². The minimum absolute atomic E-state index is 0. The van der Waals surface area contributed by atoms with Gasteiger partial charge in [-0.05, 0) is 44.1 Å². The van der Waals surface area contributed by atoms with E-state index < -0.39 is 0 Å². The number of guanidine groups is 1. The van der Waals surface area contributed by atoms with Crippen LogP contribution in [0, 0.1) is 5.92 Å². The first kappa shape index (κ1) is 22.0. The Balaban J connectivity index is 0.00000261. The van der Waals surface area contributed by atoms with Crippen LogP contribution in [-0.4, -0.2) is 50.0 Å². The average molecular weight is 484 g/mol. The Morgan fingerprint density at radius 1 is 1.22 bits per heavy atom. The molecule has 2 aliphatic rings. The molecule has 1 heterocycles. The van der Waals surface area contributed by atoms with Gasteiger partial charge in [-0.2, -0.15) is 0 Å². The second-order valence-corrected chi connectivity index (χ2v) is 7.62. The third kappa shape index (κ3) is 5.83. The van der Waals surface area contributed by atoms with Crippen LogP contribution in [0.3, 0.4) is 0 Å². The number of piperidine rings is 1. The number of hydrogen-bond acceptors (Lipinski definition) is 2. The number of aliphatic imine (C=N–C) groups is 1. The highest BCUT2D eigenvalue weighted by Crippen LogP contribution is 2.48. The van der Waals surface area contributed by atoms with Crippen LogP contribution in [0.2, 0.25) is 0 Å². The molecule has 5 nitrogen and oxygen atoms in total. The summed E-state index contributed by atoms with van der Waals surface area (Å²) in [6, 6.07) is 10.8. The van der Waals surface area contributed by atoms with E-state index in [-0.39, 0.29) is 35.3 Å². The zero-order valence-corrected chi connectivity index (χ0v) is 18.9. The van der Waals surface area contributed by atoms with Crippen LogP contribution in [0.4, 0.5) is 0 Å². The van der Waals surface area contributed by atoms with Crippen molar-refractivity contribution < 1.29 is 4.79 Å². The maximum atomic E-state index is 11.6. The Morgan fingerprint density at radius 2 is 1.89 bits per heavy atom. The highest BCUT2D eigenvalue weighted by molar-refractivity contribution is 14.0. The fourth-order valence-corrected chi connectivity index (χ4v) is 3.85. The first-order chi connectivity index (χ1) is 12.7. The van der Waals surface area contributed by atoms with E-state index in [0.717, 1.165) is 45.0 Å². The number of rotatable bonds is 6. The Kier molecular flexibility index (Phi) is 8.38. The van der Waals surface area contributed by atoms with Crippen molar-refractivity contribution in [3.63, 3.8) is 0 Å². The second kappa shape index (κ2) is 10.3. The molecule has 6 heteroatoms. The summed E-state index contributed by atoms with van der Waals surface area (Å²) in [4.78, 5) is 19.0. The van der Waals surface area contributed by atoms with E-state index in [0.29, 0.717) is 12.3 Å². The monoisotopic (exact) mass is 484 g/mol. The lowest BCUT2D eigenvalue weighted by Crippen LogP contribution is -2.46. The number of benzene rings is 1. The molecule has 150 valence electrons. The molecule has 1 aromatic rings. The number of halogens is 1. The van der Waals surface area contributed by atoms with Crippen LogP contribution in [0.25, 0.3) is 0 Å². The Morgan fingerprint density at radius 3 is 2.44 bits per heavy atom. The molecule has 1 aromatic carbocycles. The van der Waals surface area contributed by atoms with Gasteiger partial charge in [0.2, 0.25) is 5.91 Å². The fraction of sp³-hybridized carbons (Fsp3) is 0.619. The predicted molar refractivity (Wildman–Crippen MR) is 122 cm³/mol. The van der Waals surface area contributed by atoms with Gasteiger partial charge < -0.3 is 15.5 Å². The van der Waals surface area contributed by atoms with Crippen molar-refractivity contribution in [3.05, 3.63) is 35.9 Å². The lowest BCUT2D eigenvalue weighted by atomic mass is 9.93. The highest BCUT2D eigenvalue weighted by Gasteiger charge is 2.44. The van der Waals surface area contributed by atoms with Crippen molar-refractivity contribution in [1.29, 1.82) is 0 Å². The summed E-state index contributed by atoms with van der Waals surface area (Å²) in [7, 11) is 1.72. The van der Waals surface area contributed by atoms with Gasteiger partial charge in [0.25, 0.3) is 0 Å². The van der Waals surface area contributed by atoms with E-state index in [1.807, 2.05) is 0 Å². The summed E-state index contributed by atoms with van der Waals surface area (Å²) in [5.74, 6) is 1.68. The second-order valence-electron chi connectivity index (χ2n) is 7.62. The van der Waals surface area contributed by atoms with Crippen LogP contribution in [0.15, 0.2) is 35.3 Å². The predicted octanol–water partition coefficient (Wildman–Crippen LogP) is 3.15. The third-order valence-corrected chi connectivity index (χ3v) is 5.77. The van der Waals surface area contributed by atoms with Crippen molar-refractivity contribution >= 4 is 35.8 Å². The largest absolute Gasteiger partial charge is 0.359 e. The molecule has 2 N–H and O–H groups in total. The summed E-state index contributed by atoms with van der Waals surface area (Å²) in [6.45, 7) is 5.82. The molecule has 3 rings (SSSR count). The molecule has 0 bridgehead atoms. The van der Waals surface area contributed by atoms with Crippen LogP contribution >= 0.6 is 24.0 Å². The molecule has 0 spiro atoms. The SMILES string of the molecule is CCNC(=NCC1(c2ccccc2)CC1)N1CCC(CC(=O)NC)CC1.I.